The van der Waals surface area contributed by atoms with Crippen molar-refractivity contribution in [1.29, 1.82) is 0 Å². The van der Waals surface area contributed by atoms with Gasteiger partial charge < -0.3 is 4.79 Å². The van der Waals surface area contributed by atoms with E-state index in [4.69, 9.17) is 0 Å². The van der Waals surface area contributed by atoms with Gasteiger partial charge in [0.25, 0.3) is 0 Å². The molecule has 0 aromatic heterocycles. The second kappa shape index (κ2) is 4.32. The Morgan fingerprint density at radius 2 is 2.09 bits per heavy atom. The van der Waals surface area contributed by atoms with Crippen LogP contribution in [0.2, 0.25) is 0 Å². The number of aldehydes is 1. The van der Waals surface area contributed by atoms with E-state index in [-0.39, 0.29) is 0 Å². The Bertz CT molecular complexity index is 136. The highest BCUT2D eigenvalue weighted by molar-refractivity contribution is 5.49. The maximum atomic E-state index is 10.1. The van der Waals surface area contributed by atoms with E-state index in [1.807, 2.05) is 0 Å². The fraction of sp³-hybridized carbons (Fsp3) is 0.700. The van der Waals surface area contributed by atoms with E-state index >= 15 is 0 Å². The molecule has 0 amide bonds. The number of rotatable bonds is 3. The third kappa shape index (κ3) is 2.87. The van der Waals surface area contributed by atoms with E-state index in [9.17, 15) is 4.79 Å². The van der Waals surface area contributed by atoms with Crippen molar-refractivity contribution in [3.8, 4) is 0 Å². The van der Waals surface area contributed by atoms with E-state index in [1.165, 1.54) is 31.3 Å². The zero-order chi connectivity index (χ0) is 8.10. The molecule has 0 unspecified atom stereocenters. The maximum absolute atomic E-state index is 10.1. The minimum Gasteiger partial charge on any atom is -0.303 e. The van der Waals surface area contributed by atoms with Crippen LogP contribution in [0, 0.1) is 5.92 Å². The molecule has 0 aliphatic heterocycles. The SMILES string of the molecule is C=C1CCC(CCC=O)CC1. The van der Waals surface area contributed by atoms with Gasteiger partial charge in [0.05, 0.1) is 0 Å². The molecule has 0 radical (unpaired) electrons. The average molecular weight is 152 g/mol. The van der Waals surface area contributed by atoms with Gasteiger partial charge in [-0.3, -0.25) is 0 Å². The zero-order valence-electron chi connectivity index (χ0n) is 7.01. The Labute approximate surface area is 68.5 Å². The van der Waals surface area contributed by atoms with Crippen molar-refractivity contribution in [2.24, 2.45) is 5.92 Å². The van der Waals surface area contributed by atoms with Gasteiger partial charge in [0, 0.05) is 6.42 Å². The maximum Gasteiger partial charge on any atom is 0.120 e. The molecule has 1 fully saturated rings. The highest BCUT2D eigenvalue weighted by Gasteiger charge is 2.14. The average Bonchev–Trinajstić information content (AvgIpc) is 2.04. The van der Waals surface area contributed by atoms with Crippen LogP contribution in [-0.2, 0) is 4.79 Å². The Hall–Kier alpha value is -0.590. The third-order valence-electron chi connectivity index (χ3n) is 2.51. The van der Waals surface area contributed by atoms with Crippen LogP contribution in [-0.4, -0.2) is 6.29 Å². The summed E-state index contributed by atoms with van der Waals surface area (Å²) in [6, 6.07) is 0. The normalized spacial score (nSPS) is 20.2. The first-order valence-electron chi connectivity index (χ1n) is 4.43. The lowest BCUT2D eigenvalue weighted by Crippen LogP contribution is -2.07. The van der Waals surface area contributed by atoms with Crippen molar-refractivity contribution in [3.05, 3.63) is 12.2 Å². The smallest absolute Gasteiger partial charge is 0.120 e. The largest absolute Gasteiger partial charge is 0.303 e. The first-order chi connectivity index (χ1) is 5.33. The molecule has 62 valence electrons. The van der Waals surface area contributed by atoms with Crippen LogP contribution in [0.3, 0.4) is 0 Å². The number of allylic oxidation sites excluding steroid dienone is 1. The molecule has 0 bridgehead atoms. The van der Waals surface area contributed by atoms with Crippen molar-refractivity contribution in [2.75, 3.05) is 0 Å². The molecule has 1 rings (SSSR count). The summed E-state index contributed by atoms with van der Waals surface area (Å²) < 4.78 is 0. The van der Waals surface area contributed by atoms with Crippen LogP contribution in [0.25, 0.3) is 0 Å². The Balaban J connectivity index is 2.16. The Morgan fingerprint density at radius 3 is 2.64 bits per heavy atom. The van der Waals surface area contributed by atoms with E-state index in [2.05, 4.69) is 6.58 Å². The van der Waals surface area contributed by atoms with Crippen molar-refractivity contribution in [3.63, 3.8) is 0 Å². The number of hydrogen-bond donors (Lipinski definition) is 0. The second-order valence-electron chi connectivity index (χ2n) is 3.44. The molecule has 11 heavy (non-hydrogen) atoms. The van der Waals surface area contributed by atoms with Gasteiger partial charge in [-0.05, 0) is 38.0 Å². The molecular formula is C10H16O. The van der Waals surface area contributed by atoms with E-state index in [1.54, 1.807) is 0 Å². The quantitative estimate of drug-likeness (QED) is 0.449. The molecule has 0 aromatic carbocycles. The third-order valence-corrected chi connectivity index (χ3v) is 2.51. The summed E-state index contributed by atoms with van der Waals surface area (Å²) >= 11 is 0. The van der Waals surface area contributed by atoms with Gasteiger partial charge in [0.1, 0.15) is 6.29 Å². The molecular weight excluding hydrogens is 136 g/mol. The van der Waals surface area contributed by atoms with Gasteiger partial charge in [-0.25, -0.2) is 0 Å². The summed E-state index contributed by atoms with van der Waals surface area (Å²) in [7, 11) is 0. The van der Waals surface area contributed by atoms with Crippen molar-refractivity contribution < 1.29 is 4.79 Å². The van der Waals surface area contributed by atoms with Gasteiger partial charge in [0.15, 0.2) is 0 Å². The Morgan fingerprint density at radius 1 is 1.45 bits per heavy atom. The molecule has 0 spiro atoms. The van der Waals surface area contributed by atoms with Gasteiger partial charge in [-0.15, -0.1) is 0 Å². The molecule has 1 saturated carbocycles. The topological polar surface area (TPSA) is 17.1 Å². The zero-order valence-corrected chi connectivity index (χ0v) is 7.01. The minimum atomic E-state index is 0.747. The second-order valence-corrected chi connectivity index (χ2v) is 3.44. The summed E-state index contributed by atoms with van der Waals surface area (Å²) in [6.45, 7) is 3.96. The molecule has 1 heteroatoms. The predicted octanol–water partition coefficient (Wildman–Crippen LogP) is 2.71. The molecule has 1 aliphatic rings. The highest BCUT2D eigenvalue weighted by Crippen LogP contribution is 2.29. The number of carbonyl (C=O) groups excluding carboxylic acids is 1. The van der Waals surface area contributed by atoms with Gasteiger partial charge in [-0.2, -0.15) is 0 Å². The molecule has 1 nitrogen and oxygen atoms in total. The van der Waals surface area contributed by atoms with Crippen LogP contribution >= 0.6 is 0 Å². The lowest BCUT2D eigenvalue weighted by Gasteiger charge is -2.22. The van der Waals surface area contributed by atoms with Crippen molar-refractivity contribution in [2.45, 2.75) is 38.5 Å². The fourth-order valence-electron chi connectivity index (χ4n) is 1.68. The Kier molecular flexibility index (Phi) is 3.34. The monoisotopic (exact) mass is 152 g/mol. The van der Waals surface area contributed by atoms with Crippen LogP contribution in [0.15, 0.2) is 12.2 Å². The standard InChI is InChI=1S/C10H16O/c1-9-4-6-10(7-5-9)3-2-8-11/h8,10H,1-7H2. The molecule has 0 N–H and O–H groups in total. The number of hydrogen-bond acceptors (Lipinski definition) is 1. The molecule has 0 saturated heterocycles. The molecule has 0 aromatic rings. The summed E-state index contributed by atoms with van der Waals surface area (Å²) in [4.78, 5) is 10.1. The molecule has 0 heterocycles. The summed E-state index contributed by atoms with van der Waals surface area (Å²) in [5.41, 5.74) is 1.40. The van der Waals surface area contributed by atoms with E-state index in [0.29, 0.717) is 0 Å². The van der Waals surface area contributed by atoms with Gasteiger partial charge >= 0.3 is 0 Å². The van der Waals surface area contributed by atoms with Crippen LogP contribution in [0.5, 0.6) is 0 Å². The van der Waals surface area contributed by atoms with Crippen LogP contribution in [0.1, 0.15) is 38.5 Å². The van der Waals surface area contributed by atoms with Crippen LogP contribution < -0.4 is 0 Å². The van der Waals surface area contributed by atoms with Gasteiger partial charge in [-0.1, -0.05) is 12.2 Å². The molecule has 0 atom stereocenters. The summed E-state index contributed by atoms with van der Waals surface area (Å²) in [5, 5.41) is 0. The number of carbonyl (C=O) groups is 1. The van der Waals surface area contributed by atoms with Crippen molar-refractivity contribution in [1.82, 2.24) is 0 Å². The van der Waals surface area contributed by atoms with E-state index < -0.39 is 0 Å². The lowest BCUT2D eigenvalue weighted by atomic mass is 9.84. The van der Waals surface area contributed by atoms with Crippen LogP contribution in [0.4, 0.5) is 0 Å². The van der Waals surface area contributed by atoms with Gasteiger partial charge in [0.2, 0.25) is 0 Å². The lowest BCUT2D eigenvalue weighted by molar-refractivity contribution is -0.108. The predicted molar refractivity (Wildman–Crippen MR) is 46.4 cm³/mol. The summed E-state index contributed by atoms with van der Waals surface area (Å²) in [6.07, 6.45) is 7.75. The van der Waals surface area contributed by atoms with E-state index in [0.717, 1.165) is 25.0 Å². The minimum absolute atomic E-state index is 0.747. The first-order valence-corrected chi connectivity index (χ1v) is 4.43. The summed E-state index contributed by atoms with van der Waals surface area (Å²) in [5.74, 6) is 0.797. The fourth-order valence-corrected chi connectivity index (χ4v) is 1.68. The first kappa shape index (κ1) is 8.51. The molecule has 1 aliphatic carbocycles. The van der Waals surface area contributed by atoms with Crippen molar-refractivity contribution >= 4 is 6.29 Å². The highest BCUT2D eigenvalue weighted by atomic mass is 16.1.